The molecule has 3 N–H and O–H groups in total. The Balaban J connectivity index is 1.80. The standard InChI is InChI=1S/C21H26F3N5O2/c1-3-25-20(26-11-10-19(30)29-18-9-4-15(2)12-27-18)28-13-16-5-7-17(8-6-16)31-14-21(22,23)24/h4-9,12H,3,10-11,13-14H2,1-2H3,(H2,25,26,28)(H,27,29,30). The maximum Gasteiger partial charge on any atom is 0.422 e. The first-order valence-electron chi connectivity index (χ1n) is 9.78. The smallest absolute Gasteiger partial charge is 0.422 e. The van der Waals surface area contributed by atoms with Crippen molar-refractivity contribution in [2.75, 3.05) is 25.0 Å². The predicted molar refractivity (Wildman–Crippen MR) is 113 cm³/mol. The number of halogens is 3. The minimum Gasteiger partial charge on any atom is -0.484 e. The first-order valence-corrected chi connectivity index (χ1v) is 9.78. The molecule has 2 aromatic rings. The molecule has 0 radical (unpaired) electrons. The summed E-state index contributed by atoms with van der Waals surface area (Å²) < 4.78 is 41.3. The lowest BCUT2D eigenvalue weighted by atomic mass is 10.2. The summed E-state index contributed by atoms with van der Waals surface area (Å²) in [5, 5.41) is 8.87. The third-order valence-electron chi connectivity index (χ3n) is 3.91. The molecule has 31 heavy (non-hydrogen) atoms. The second-order valence-electron chi connectivity index (χ2n) is 6.69. The molecule has 0 saturated carbocycles. The monoisotopic (exact) mass is 437 g/mol. The van der Waals surface area contributed by atoms with Crippen LogP contribution in [-0.2, 0) is 11.3 Å². The van der Waals surface area contributed by atoms with Gasteiger partial charge in [-0.15, -0.1) is 0 Å². The molecule has 0 fully saturated rings. The number of nitrogens with one attached hydrogen (secondary N) is 3. The summed E-state index contributed by atoms with van der Waals surface area (Å²) >= 11 is 0. The minimum absolute atomic E-state index is 0.143. The highest BCUT2D eigenvalue weighted by molar-refractivity contribution is 5.90. The molecular formula is C21H26F3N5O2. The number of aliphatic imine (C=N–C) groups is 1. The number of aryl methyl sites for hydroxylation is 1. The normalized spacial score (nSPS) is 11.7. The van der Waals surface area contributed by atoms with Crippen molar-refractivity contribution in [1.82, 2.24) is 15.6 Å². The quantitative estimate of drug-likeness (QED) is 0.413. The predicted octanol–water partition coefficient (Wildman–Crippen LogP) is 3.42. The third kappa shape index (κ3) is 9.83. The van der Waals surface area contributed by atoms with Crippen LogP contribution in [0.3, 0.4) is 0 Å². The highest BCUT2D eigenvalue weighted by Gasteiger charge is 2.28. The van der Waals surface area contributed by atoms with Crippen LogP contribution in [-0.4, -0.2) is 42.7 Å². The van der Waals surface area contributed by atoms with Crippen LogP contribution in [0.5, 0.6) is 5.75 Å². The number of rotatable bonds is 9. The zero-order valence-corrected chi connectivity index (χ0v) is 17.4. The van der Waals surface area contributed by atoms with E-state index in [0.717, 1.165) is 11.1 Å². The van der Waals surface area contributed by atoms with Gasteiger partial charge in [-0.2, -0.15) is 13.2 Å². The van der Waals surface area contributed by atoms with E-state index < -0.39 is 12.8 Å². The first-order chi connectivity index (χ1) is 14.7. The number of amides is 1. The maximum atomic E-state index is 12.2. The molecule has 2 rings (SSSR count). The summed E-state index contributed by atoms with van der Waals surface area (Å²) in [6, 6.07) is 9.86. The van der Waals surface area contributed by atoms with Crippen LogP contribution < -0.4 is 20.7 Å². The van der Waals surface area contributed by atoms with E-state index >= 15 is 0 Å². The molecule has 10 heteroatoms. The number of hydrogen-bond acceptors (Lipinski definition) is 4. The van der Waals surface area contributed by atoms with E-state index in [1.807, 2.05) is 19.9 Å². The highest BCUT2D eigenvalue weighted by Crippen LogP contribution is 2.19. The van der Waals surface area contributed by atoms with Crippen LogP contribution in [0.15, 0.2) is 47.6 Å². The van der Waals surface area contributed by atoms with Gasteiger partial charge in [-0.25, -0.2) is 9.98 Å². The molecule has 1 aromatic carbocycles. The van der Waals surface area contributed by atoms with Gasteiger partial charge in [-0.3, -0.25) is 4.79 Å². The number of ether oxygens (including phenoxy) is 1. The second kappa shape index (κ2) is 11.8. The fourth-order valence-electron chi connectivity index (χ4n) is 2.41. The van der Waals surface area contributed by atoms with E-state index in [1.165, 1.54) is 12.1 Å². The number of carbonyl (C=O) groups is 1. The number of anilines is 1. The molecule has 1 aromatic heterocycles. The molecule has 0 atom stereocenters. The Morgan fingerprint density at radius 1 is 1.13 bits per heavy atom. The number of aromatic nitrogens is 1. The lowest BCUT2D eigenvalue weighted by Gasteiger charge is -2.12. The molecule has 7 nitrogen and oxygen atoms in total. The minimum atomic E-state index is -4.37. The van der Waals surface area contributed by atoms with Crippen LogP contribution in [0.2, 0.25) is 0 Å². The van der Waals surface area contributed by atoms with Gasteiger partial charge in [0.1, 0.15) is 11.6 Å². The van der Waals surface area contributed by atoms with Gasteiger partial charge in [0, 0.05) is 25.7 Å². The molecule has 0 aliphatic heterocycles. The zero-order chi connectivity index (χ0) is 22.7. The Kier molecular flexibility index (Phi) is 9.11. The van der Waals surface area contributed by atoms with E-state index in [0.29, 0.717) is 31.4 Å². The highest BCUT2D eigenvalue weighted by atomic mass is 19.4. The van der Waals surface area contributed by atoms with Crippen LogP contribution in [0.1, 0.15) is 24.5 Å². The first kappa shape index (κ1) is 24.0. The average molecular weight is 437 g/mol. The number of hydrogen-bond donors (Lipinski definition) is 3. The van der Waals surface area contributed by atoms with E-state index in [-0.39, 0.29) is 18.1 Å². The molecule has 1 heterocycles. The number of nitrogens with zero attached hydrogens (tertiary/aromatic N) is 2. The Labute approximate surface area is 179 Å². The van der Waals surface area contributed by atoms with Gasteiger partial charge in [-0.1, -0.05) is 18.2 Å². The topological polar surface area (TPSA) is 87.6 Å². The summed E-state index contributed by atoms with van der Waals surface area (Å²) in [7, 11) is 0. The van der Waals surface area contributed by atoms with Crippen LogP contribution in [0, 0.1) is 6.92 Å². The maximum absolute atomic E-state index is 12.2. The summed E-state index contributed by atoms with van der Waals surface area (Å²) in [5.41, 5.74) is 1.81. The molecular weight excluding hydrogens is 411 g/mol. The van der Waals surface area contributed by atoms with E-state index in [4.69, 9.17) is 0 Å². The van der Waals surface area contributed by atoms with Crippen LogP contribution in [0.25, 0.3) is 0 Å². The van der Waals surface area contributed by atoms with Gasteiger partial charge in [0.25, 0.3) is 0 Å². The van der Waals surface area contributed by atoms with Gasteiger partial charge in [0.2, 0.25) is 5.91 Å². The van der Waals surface area contributed by atoms with Crippen molar-refractivity contribution in [3.8, 4) is 5.75 Å². The fraction of sp³-hybridized carbons (Fsp3) is 0.381. The van der Waals surface area contributed by atoms with Gasteiger partial charge in [0.15, 0.2) is 12.6 Å². The number of pyridine rings is 1. The van der Waals surface area contributed by atoms with E-state index in [1.54, 1.807) is 24.4 Å². The van der Waals surface area contributed by atoms with Crippen molar-refractivity contribution in [3.63, 3.8) is 0 Å². The lowest BCUT2D eigenvalue weighted by Crippen LogP contribution is -2.38. The van der Waals surface area contributed by atoms with Gasteiger partial charge in [-0.05, 0) is 43.2 Å². The van der Waals surface area contributed by atoms with Gasteiger partial charge in [0.05, 0.1) is 6.54 Å². The molecule has 0 aliphatic carbocycles. The van der Waals surface area contributed by atoms with E-state index in [9.17, 15) is 18.0 Å². The summed E-state index contributed by atoms with van der Waals surface area (Å²) in [6.45, 7) is 3.82. The summed E-state index contributed by atoms with van der Waals surface area (Å²) in [6.07, 6.45) is -2.47. The van der Waals surface area contributed by atoms with E-state index in [2.05, 4.69) is 30.7 Å². The Bertz CT molecular complexity index is 853. The molecule has 1 amide bonds. The Morgan fingerprint density at radius 2 is 1.87 bits per heavy atom. The molecule has 0 spiro atoms. The zero-order valence-electron chi connectivity index (χ0n) is 17.4. The number of benzene rings is 1. The van der Waals surface area contributed by atoms with Crippen molar-refractivity contribution in [3.05, 3.63) is 53.7 Å². The van der Waals surface area contributed by atoms with Gasteiger partial charge >= 0.3 is 6.18 Å². The Hall–Kier alpha value is -3.30. The Morgan fingerprint density at radius 3 is 2.48 bits per heavy atom. The second-order valence-corrected chi connectivity index (χ2v) is 6.69. The van der Waals surface area contributed by atoms with Crippen LogP contribution >= 0.6 is 0 Å². The van der Waals surface area contributed by atoms with Crippen molar-refractivity contribution in [2.45, 2.75) is 33.0 Å². The molecule has 0 unspecified atom stereocenters. The number of guanidine groups is 1. The molecule has 0 aliphatic rings. The number of alkyl halides is 3. The van der Waals surface area contributed by atoms with Crippen molar-refractivity contribution in [1.29, 1.82) is 0 Å². The average Bonchev–Trinajstić information content (AvgIpc) is 2.72. The van der Waals surface area contributed by atoms with Crippen molar-refractivity contribution < 1.29 is 22.7 Å². The molecule has 168 valence electrons. The fourth-order valence-corrected chi connectivity index (χ4v) is 2.41. The molecule has 0 bridgehead atoms. The summed E-state index contributed by atoms with van der Waals surface area (Å²) in [4.78, 5) is 20.6. The third-order valence-corrected chi connectivity index (χ3v) is 3.91. The van der Waals surface area contributed by atoms with Crippen LogP contribution in [0.4, 0.5) is 19.0 Å². The van der Waals surface area contributed by atoms with Crippen molar-refractivity contribution >= 4 is 17.7 Å². The molecule has 0 saturated heterocycles. The summed E-state index contributed by atoms with van der Waals surface area (Å²) in [5.74, 6) is 0.998. The largest absolute Gasteiger partial charge is 0.484 e. The van der Waals surface area contributed by atoms with Gasteiger partial charge < -0.3 is 20.7 Å². The SMILES string of the molecule is CCNC(=NCc1ccc(OCC(F)(F)F)cc1)NCCC(=O)Nc1ccc(C)cn1. The lowest BCUT2D eigenvalue weighted by molar-refractivity contribution is -0.153. The number of carbonyl (C=O) groups excluding carboxylic acids is 1. The van der Waals surface area contributed by atoms with Crippen molar-refractivity contribution in [2.24, 2.45) is 4.99 Å².